The Bertz CT molecular complexity index is 659. The zero-order valence-electron chi connectivity index (χ0n) is 18.3. The number of aromatic nitrogens is 1. The van der Waals surface area contributed by atoms with Gasteiger partial charge in [0, 0.05) is 29.9 Å². The highest BCUT2D eigenvalue weighted by atomic mass is 35.5. The highest BCUT2D eigenvalue weighted by Crippen LogP contribution is 2.26. The molecule has 0 bridgehead atoms. The quantitative estimate of drug-likeness (QED) is 0.529. The molecule has 3 nitrogen and oxygen atoms in total. The van der Waals surface area contributed by atoms with E-state index in [0.717, 1.165) is 46.9 Å². The van der Waals surface area contributed by atoms with E-state index in [-0.39, 0.29) is 6.10 Å². The summed E-state index contributed by atoms with van der Waals surface area (Å²) in [5.74, 6) is 0. The first-order valence-electron chi connectivity index (χ1n) is 10.0. The first-order chi connectivity index (χ1) is 13.0. The van der Waals surface area contributed by atoms with Crippen molar-refractivity contribution in [2.45, 2.75) is 74.0 Å². The van der Waals surface area contributed by atoms with Gasteiger partial charge in [0.25, 0.3) is 0 Å². The van der Waals surface area contributed by atoms with Crippen molar-refractivity contribution in [3.8, 4) is 0 Å². The van der Waals surface area contributed by atoms with Crippen LogP contribution in [0.1, 0.15) is 75.9 Å². The highest BCUT2D eigenvalue weighted by molar-refractivity contribution is 6.31. The molecule has 1 atom stereocenters. The molecule has 0 aliphatic heterocycles. The van der Waals surface area contributed by atoms with E-state index in [0.29, 0.717) is 0 Å². The van der Waals surface area contributed by atoms with Crippen molar-refractivity contribution in [3.63, 3.8) is 0 Å². The number of anilines is 1. The Morgan fingerprint density at radius 2 is 1.78 bits per heavy atom. The van der Waals surface area contributed by atoms with Crippen molar-refractivity contribution in [1.29, 1.82) is 0 Å². The van der Waals surface area contributed by atoms with Gasteiger partial charge in [-0.2, -0.15) is 0 Å². The fraction of sp³-hybridized carbons (Fsp3) is 0.522. The van der Waals surface area contributed by atoms with E-state index in [9.17, 15) is 0 Å². The Kier molecular flexibility index (Phi) is 13.6. The maximum atomic E-state index is 6.07. The summed E-state index contributed by atoms with van der Waals surface area (Å²) in [5.41, 5.74) is 5.49. The molecule has 1 N–H and O–H groups in total. The molecular formula is C23H37ClN2O. The van der Waals surface area contributed by atoms with E-state index in [1.54, 1.807) is 7.11 Å². The maximum absolute atomic E-state index is 6.07. The van der Waals surface area contributed by atoms with Crippen LogP contribution in [-0.4, -0.2) is 12.1 Å². The maximum Gasteiger partial charge on any atom is 0.0839 e. The number of aryl methyl sites for hydroxylation is 2. The fourth-order valence-corrected chi connectivity index (χ4v) is 2.77. The second kappa shape index (κ2) is 14.5. The van der Waals surface area contributed by atoms with Gasteiger partial charge in [0.1, 0.15) is 0 Å². The van der Waals surface area contributed by atoms with Crippen LogP contribution in [0.4, 0.5) is 5.69 Å². The van der Waals surface area contributed by atoms with Gasteiger partial charge in [0.15, 0.2) is 0 Å². The third-order valence-electron chi connectivity index (χ3n) is 4.03. The minimum absolute atomic E-state index is 0.104. The highest BCUT2D eigenvalue weighted by Gasteiger charge is 2.13. The lowest BCUT2D eigenvalue weighted by molar-refractivity contribution is 0.0942. The minimum atomic E-state index is 0.104. The Morgan fingerprint density at radius 1 is 1.11 bits per heavy atom. The molecule has 0 aliphatic rings. The Morgan fingerprint density at radius 3 is 2.33 bits per heavy atom. The number of halogens is 1. The molecule has 1 aromatic carbocycles. The number of ether oxygens (including phenoxy) is 1. The van der Waals surface area contributed by atoms with Gasteiger partial charge >= 0.3 is 0 Å². The van der Waals surface area contributed by atoms with Crippen molar-refractivity contribution >= 4 is 17.3 Å². The monoisotopic (exact) mass is 392 g/mol. The summed E-state index contributed by atoms with van der Waals surface area (Å²) in [7, 11) is 1.76. The number of nitrogens with zero attached hydrogens (tertiary/aromatic N) is 1. The summed E-state index contributed by atoms with van der Waals surface area (Å²) < 4.78 is 5.62. The molecule has 0 saturated carbocycles. The Labute approximate surface area is 171 Å². The molecule has 2 rings (SSSR count). The molecule has 152 valence electrons. The van der Waals surface area contributed by atoms with Crippen LogP contribution in [0.15, 0.2) is 30.5 Å². The molecule has 0 radical (unpaired) electrons. The number of hydrogen-bond acceptors (Lipinski definition) is 3. The summed E-state index contributed by atoms with van der Waals surface area (Å²) in [4.78, 5) is 4.51. The summed E-state index contributed by atoms with van der Waals surface area (Å²) in [6.45, 7) is 15.0. The predicted molar refractivity (Wildman–Crippen MR) is 120 cm³/mol. The molecule has 1 unspecified atom stereocenters. The molecule has 0 aliphatic carbocycles. The largest absolute Gasteiger partial charge is 0.380 e. The normalized spacial score (nSPS) is 10.9. The standard InChI is InChI=1S/C19H25ClN2O.2C2H6/c1-5-6-19(23-4)17-10-16(12-21-14(17)3)22-11-15-7-8-18(20)13(2)9-15;2*1-2/h7-10,12,19,22H,5-6,11H2,1-4H3;2*1-2H3. The molecule has 2 aromatic rings. The van der Waals surface area contributed by atoms with Gasteiger partial charge in [-0.3, -0.25) is 4.98 Å². The summed E-state index contributed by atoms with van der Waals surface area (Å²) >= 11 is 6.07. The van der Waals surface area contributed by atoms with Crippen LogP contribution in [-0.2, 0) is 11.3 Å². The van der Waals surface area contributed by atoms with Gasteiger partial charge in [-0.25, -0.2) is 0 Å². The molecule has 0 spiro atoms. The third-order valence-corrected chi connectivity index (χ3v) is 4.45. The van der Waals surface area contributed by atoms with E-state index < -0.39 is 0 Å². The minimum Gasteiger partial charge on any atom is -0.380 e. The number of pyridine rings is 1. The molecule has 27 heavy (non-hydrogen) atoms. The molecular weight excluding hydrogens is 356 g/mol. The topological polar surface area (TPSA) is 34.1 Å². The molecule has 1 heterocycles. The zero-order chi connectivity index (χ0) is 20.8. The molecule has 0 amide bonds. The Hall–Kier alpha value is -1.58. The van der Waals surface area contributed by atoms with Crippen molar-refractivity contribution in [2.75, 3.05) is 12.4 Å². The first-order valence-corrected chi connectivity index (χ1v) is 10.4. The molecule has 4 heteroatoms. The van der Waals surface area contributed by atoms with Crippen molar-refractivity contribution < 1.29 is 4.74 Å². The predicted octanol–water partition coefficient (Wildman–Crippen LogP) is 7.50. The van der Waals surface area contributed by atoms with Crippen LogP contribution in [0.5, 0.6) is 0 Å². The number of nitrogens with one attached hydrogen (secondary N) is 1. The molecule has 0 fully saturated rings. The van der Waals surface area contributed by atoms with Crippen molar-refractivity contribution in [2.24, 2.45) is 0 Å². The van der Waals surface area contributed by atoms with Gasteiger partial charge in [-0.15, -0.1) is 0 Å². The number of methoxy groups -OCH3 is 1. The van der Waals surface area contributed by atoms with Gasteiger partial charge < -0.3 is 10.1 Å². The summed E-state index contributed by atoms with van der Waals surface area (Å²) in [6.07, 6.45) is 4.06. The van der Waals surface area contributed by atoms with E-state index in [2.05, 4.69) is 29.4 Å². The summed E-state index contributed by atoms with van der Waals surface area (Å²) in [6, 6.07) is 8.23. The lowest BCUT2D eigenvalue weighted by Gasteiger charge is -2.18. The SMILES string of the molecule is CC.CC.CCCC(OC)c1cc(NCc2ccc(Cl)c(C)c2)cnc1C. The van der Waals surface area contributed by atoms with E-state index >= 15 is 0 Å². The zero-order valence-corrected chi connectivity index (χ0v) is 19.1. The van der Waals surface area contributed by atoms with E-state index in [1.165, 1.54) is 5.56 Å². The lowest BCUT2D eigenvalue weighted by atomic mass is 10.0. The van der Waals surface area contributed by atoms with Crippen molar-refractivity contribution in [3.05, 3.63) is 57.9 Å². The van der Waals surface area contributed by atoms with E-state index in [1.807, 2.05) is 59.9 Å². The summed E-state index contributed by atoms with van der Waals surface area (Å²) in [5, 5.41) is 4.24. The van der Waals surface area contributed by atoms with Crippen LogP contribution in [0.3, 0.4) is 0 Å². The van der Waals surface area contributed by atoms with Crippen molar-refractivity contribution in [1.82, 2.24) is 4.98 Å². The average molecular weight is 393 g/mol. The van der Waals surface area contributed by atoms with Crippen LogP contribution >= 0.6 is 11.6 Å². The number of benzene rings is 1. The van der Waals surface area contributed by atoms with Crippen LogP contribution < -0.4 is 5.32 Å². The Balaban J connectivity index is 0.00000158. The van der Waals surface area contributed by atoms with Crippen LogP contribution in [0.2, 0.25) is 5.02 Å². The van der Waals surface area contributed by atoms with Gasteiger partial charge in [0.2, 0.25) is 0 Å². The average Bonchev–Trinajstić information content (AvgIpc) is 2.71. The fourth-order valence-electron chi connectivity index (χ4n) is 2.66. The second-order valence-corrected chi connectivity index (χ2v) is 6.26. The molecule has 0 saturated heterocycles. The number of rotatable bonds is 7. The number of hydrogen-bond donors (Lipinski definition) is 1. The van der Waals surface area contributed by atoms with E-state index in [4.69, 9.17) is 16.3 Å². The van der Waals surface area contributed by atoms with Crippen LogP contribution in [0, 0.1) is 13.8 Å². The third kappa shape index (κ3) is 8.32. The van der Waals surface area contributed by atoms with Gasteiger partial charge in [0.05, 0.1) is 18.0 Å². The lowest BCUT2D eigenvalue weighted by Crippen LogP contribution is -2.07. The van der Waals surface area contributed by atoms with Gasteiger partial charge in [-0.1, -0.05) is 64.8 Å². The second-order valence-electron chi connectivity index (χ2n) is 5.85. The smallest absolute Gasteiger partial charge is 0.0839 e. The van der Waals surface area contributed by atoms with Gasteiger partial charge in [-0.05, 0) is 43.5 Å². The molecule has 1 aromatic heterocycles. The van der Waals surface area contributed by atoms with Crippen LogP contribution in [0.25, 0.3) is 0 Å². The first kappa shape index (κ1) is 25.4.